The topological polar surface area (TPSA) is 82.8 Å². The summed E-state index contributed by atoms with van der Waals surface area (Å²) in [6.45, 7) is 2.83. The molecule has 1 heterocycles. The molecule has 0 spiro atoms. The van der Waals surface area contributed by atoms with Gasteiger partial charge in [0, 0.05) is 11.6 Å². The van der Waals surface area contributed by atoms with Gasteiger partial charge in [-0.1, -0.05) is 17.3 Å². The van der Waals surface area contributed by atoms with Gasteiger partial charge in [-0.15, -0.1) is 0 Å². The number of benzene rings is 2. The highest BCUT2D eigenvalue weighted by Gasteiger charge is 2.12. The lowest BCUT2D eigenvalue weighted by Gasteiger charge is -2.07. The molecule has 152 valence electrons. The second-order valence-corrected chi connectivity index (χ2v) is 6.28. The molecule has 3 aromatic rings. The zero-order valence-corrected chi connectivity index (χ0v) is 16.7. The maximum absolute atomic E-state index is 12.2. The summed E-state index contributed by atoms with van der Waals surface area (Å²) in [4.78, 5) is 12.2. The van der Waals surface area contributed by atoms with Gasteiger partial charge in [-0.3, -0.25) is 4.79 Å². The van der Waals surface area contributed by atoms with E-state index in [1.165, 1.54) is 0 Å². The van der Waals surface area contributed by atoms with Crippen LogP contribution in [-0.4, -0.2) is 31.9 Å². The van der Waals surface area contributed by atoms with Gasteiger partial charge in [0.2, 0.25) is 5.91 Å². The zero-order chi connectivity index (χ0) is 20.6. The van der Waals surface area contributed by atoms with E-state index in [2.05, 4.69) is 10.5 Å². The Bertz CT molecular complexity index is 950. The normalized spacial score (nSPS) is 10.4. The predicted octanol–water partition coefficient (Wildman–Crippen LogP) is 3.62. The van der Waals surface area contributed by atoms with E-state index in [1.807, 2.05) is 43.3 Å². The number of ether oxygens (including phenoxy) is 3. The molecular weight excluding hydrogens is 372 g/mol. The van der Waals surface area contributed by atoms with Crippen molar-refractivity contribution in [1.29, 1.82) is 0 Å². The molecule has 0 aliphatic rings. The van der Waals surface area contributed by atoms with E-state index in [1.54, 1.807) is 26.4 Å². The van der Waals surface area contributed by atoms with Crippen molar-refractivity contribution in [2.24, 2.45) is 0 Å². The number of nitrogens with one attached hydrogen (secondary N) is 1. The molecule has 7 nitrogen and oxygen atoms in total. The minimum atomic E-state index is -0.0928. The minimum absolute atomic E-state index is 0.0928. The quantitative estimate of drug-likeness (QED) is 0.595. The first-order valence-corrected chi connectivity index (χ1v) is 9.29. The first kappa shape index (κ1) is 20.3. The zero-order valence-electron chi connectivity index (χ0n) is 16.7. The minimum Gasteiger partial charge on any atom is -0.494 e. The maximum atomic E-state index is 12.2. The molecule has 7 heteroatoms. The van der Waals surface area contributed by atoms with Crippen LogP contribution in [0.5, 0.6) is 17.2 Å². The number of hydrogen-bond donors (Lipinski definition) is 1. The third-order valence-corrected chi connectivity index (χ3v) is 4.29. The molecule has 1 amide bonds. The Kier molecular flexibility index (Phi) is 6.73. The molecule has 0 aliphatic carbocycles. The highest BCUT2D eigenvalue weighted by atomic mass is 16.5. The number of carbonyl (C=O) groups excluding carboxylic acids is 1. The first-order valence-electron chi connectivity index (χ1n) is 9.29. The van der Waals surface area contributed by atoms with E-state index in [-0.39, 0.29) is 18.9 Å². The highest BCUT2D eigenvalue weighted by molar-refractivity contribution is 5.78. The van der Waals surface area contributed by atoms with E-state index in [9.17, 15) is 4.79 Å². The van der Waals surface area contributed by atoms with Crippen LogP contribution in [-0.2, 0) is 17.8 Å². The number of nitrogens with zero attached hydrogens (tertiary/aromatic N) is 1. The molecule has 0 radical (unpaired) electrons. The summed E-state index contributed by atoms with van der Waals surface area (Å²) < 4.78 is 21.4. The van der Waals surface area contributed by atoms with Crippen LogP contribution in [0, 0.1) is 0 Å². The van der Waals surface area contributed by atoms with Crippen LogP contribution >= 0.6 is 0 Å². The third-order valence-electron chi connectivity index (χ3n) is 4.29. The molecule has 1 N–H and O–H groups in total. The van der Waals surface area contributed by atoms with Crippen molar-refractivity contribution in [3.05, 3.63) is 59.8 Å². The van der Waals surface area contributed by atoms with Crippen LogP contribution < -0.4 is 19.5 Å². The Morgan fingerprint density at radius 2 is 1.79 bits per heavy atom. The number of carbonyl (C=O) groups is 1. The summed E-state index contributed by atoms with van der Waals surface area (Å²) in [6, 6.07) is 14.8. The van der Waals surface area contributed by atoms with Crippen LogP contribution in [0.1, 0.15) is 18.2 Å². The predicted molar refractivity (Wildman–Crippen MR) is 108 cm³/mol. The Hall–Kier alpha value is -3.48. The van der Waals surface area contributed by atoms with Crippen molar-refractivity contribution in [2.75, 3.05) is 20.8 Å². The fourth-order valence-corrected chi connectivity index (χ4v) is 2.83. The Labute approximate surface area is 169 Å². The molecular formula is C22H24N2O5. The molecule has 29 heavy (non-hydrogen) atoms. The SMILES string of the molecule is CCOc1ccc(CC(=O)NCc2cc(-c3ccc(OC)c(OC)c3)on2)cc1. The van der Waals surface area contributed by atoms with Gasteiger partial charge in [0.05, 0.1) is 33.8 Å². The maximum Gasteiger partial charge on any atom is 0.224 e. The van der Waals surface area contributed by atoms with E-state index < -0.39 is 0 Å². The van der Waals surface area contributed by atoms with Gasteiger partial charge in [0.15, 0.2) is 17.3 Å². The Balaban J connectivity index is 1.57. The molecule has 0 fully saturated rings. The van der Waals surface area contributed by atoms with Gasteiger partial charge >= 0.3 is 0 Å². The van der Waals surface area contributed by atoms with Gasteiger partial charge in [-0.25, -0.2) is 0 Å². The van der Waals surface area contributed by atoms with Crippen molar-refractivity contribution >= 4 is 5.91 Å². The Morgan fingerprint density at radius 1 is 1.03 bits per heavy atom. The molecule has 0 aliphatic heterocycles. The lowest BCUT2D eigenvalue weighted by atomic mass is 10.1. The first-order chi connectivity index (χ1) is 14.1. The van der Waals surface area contributed by atoms with Gasteiger partial charge in [-0.2, -0.15) is 0 Å². The molecule has 2 aromatic carbocycles. The molecule has 0 saturated carbocycles. The molecule has 0 bridgehead atoms. The van der Waals surface area contributed by atoms with Crippen molar-refractivity contribution < 1.29 is 23.5 Å². The van der Waals surface area contributed by atoms with E-state index >= 15 is 0 Å². The summed E-state index contributed by atoms with van der Waals surface area (Å²) in [5.74, 6) is 2.53. The largest absolute Gasteiger partial charge is 0.494 e. The number of methoxy groups -OCH3 is 2. The van der Waals surface area contributed by atoms with E-state index in [4.69, 9.17) is 18.7 Å². The van der Waals surface area contributed by atoms with E-state index in [0.29, 0.717) is 29.6 Å². The van der Waals surface area contributed by atoms with Gasteiger partial charge in [0.1, 0.15) is 11.4 Å². The standard InChI is InChI=1S/C22H24N2O5/c1-4-28-18-8-5-15(6-9-18)11-22(25)23-14-17-13-20(29-24-17)16-7-10-19(26-2)21(12-16)27-3/h5-10,12-13H,4,11,14H2,1-3H3,(H,23,25). The van der Waals surface area contributed by atoms with Crippen LogP contribution in [0.15, 0.2) is 53.1 Å². The Morgan fingerprint density at radius 3 is 2.48 bits per heavy atom. The van der Waals surface area contributed by atoms with Gasteiger partial charge in [-0.05, 0) is 42.8 Å². The van der Waals surface area contributed by atoms with Crippen molar-refractivity contribution in [3.63, 3.8) is 0 Å². The number of amides is 1. The van der Waals surface area contributed by atoms with Crippen molar-refractivity contribution in [2.45, 2.75) is 19.9 Å². The highest BCUT2D eigenvalue weighted by Crippen LogP contribution is 2.32. The van der Waals surface area contributed by atoms with Gasteiger partial charge in [0.25, 0.3) is 0 Å². The smallest absolute Gasteiger partial charge is 0.224 e. The van der Waals surface area contributed by atoms with Crippen molar-refractivity contribution in [3.8, 4) is 28.6 Å². The van der Waals surface area contributed by atoms with Crippen LogP contribution in [0.2, 0.25) is 0 Å². The molecule has 3 rings (SSSR count). The molecule has 1 aromatic heterocycles. The molecule has 0 saturated heterocycles. The van der Waals surface area contributed by atoms with Crippen LogP contribution in [0.25, 0.3) is 11.3 Å². The van der Waals surface area contributed by atoms with Crippen LogP contribution in [0.3, 0.4) is 0 Å². The number of hydrogen-bond acceptors (Lipinski definition) is 6. The van der Waals surface area contributed by atoms with E-state index in [0.717, 1.165) is 16.9 Å². The van der Waals surface area contributed by atoms with Crippen LogP contribution in [0.4, 0.5) is 0 Å². The number of rotatable bonds is 9. The second-order valence-electron chi connectivity index (χ2n) is 6.28. The summed E-state index contributed by atoms with van der Waals surface area (Å²) in [7, 11) is 3.16. The summed E-state index contributed by atoms with van der Waals surface area (Å²) >= 11 is 0. The summed E-state index contributed by atoms with van der Waals surface area (Å²) in [5, 5.41) is 6.88. The fraction of sp³-hybridized carbons (Fsp3) is 0.273. The third kappa shape index (κ3) is 5.28. The molecule has 0 atom stereocenters. The average molecular weight is 396 g/mol. The summed E-state index contributed by atoms with van der Waals surface area (Å²) in [6.07, 6.45) is 0.285. The monoisotopic (exact) mass is 396 g/mol. The fourth-order valence-electron chi connectivity index (χ4n) is 2.83. The molecule has 0 unspecified atom stereocenters. The van der Waals surface area contributed by atoms with Crippen molar-refractivity contribution in [1.82, 2.24) is 10.5 Å². The lowest BCUT2D eigenvalue weighted by Crippen LogP contribution is -2.24. The average Bonchev–Trinajstić information content (AvgIpc) is 3.22. The second kappa shape index (κ2) is 9.64. The lowest BCUT2D eigenvalue weighted by molar-refractivity contribution is -0.120. The summed E-state index contributed by atoms with van der Waals surface area (Å²) in [5.41, 5.74) is 2.36. The number of aromatic nitrogens is 1. The van der Waals surface area contributed by atoms with Gasteiger partial charge < -0.3 is 24.1 Å².